The number of fused-ring (bicyclic) bond motifs is 1. The van der Waals surface area contributed by atoms with Crippen LogP contribution in [0.2, 0.25) is 0 Å². The molecular formula is C15H17N3S. The van der Waals surface area contributed by atoms with Crippen LogP contribution in [0.1, 0.15) is 29.7 Å². The van der Waals surface area contributed by atoms with Gasteiger partial charge in [0.15, 0.2) is 0 Å². The molecule has 3 nitrogen and oxygen atoms in total. The van der Waals surface area contributed by atoms with E-state index in [-0.39, 0.29) is 0 Å². The third-order valence-electron chi connectivity index (χ3n) is 3.40. The Hall–Kier alpha value is -1.39. The lowest BCUT2D eigenvalue weighted by Crippen LogP contribution is -2.10. The van der Waals surface area contributed by atoms with Crippen molar-refractivity contribution in [2.75, 3.05) is 0 Å². The minimum atomic E-state index is 0.537. The second kappa shape index (κ2) is 5.72. The second-order valence-corrected chi connectivity index (χ2v) is 5.75. The fourth-order valence-corrected chi connectivity index (χ4v) is 3.29. The topological polar surface area (TPSA) is 51.8 Å². The molecule has 0 saturated carbocycles. The van der Waals surface area contributed by atoms with Crippen LogP contribution in [0, 0.1) is 0 Å². The highest BCUT2D eigenvalue weighted by Crippen LogP contribution is 2.30. The van der Waals surface area contributed by atoms with E-state index in [0.29, 0.717) is 6.54 Å². The zero-order valence-corrected chi connectivity index (χ0v) is 11.6. The van der Waals surface area contributed by atoms with Crippen molar-refractivity contribution in [3.63, 3.8) is 0 Å². The van der Waals surface area contributed by atoms with E-state index in [1.807, 2.05) is 24.4 Å². The van der Waals surface area contributed by atoms with Gasteiger partial charge >= 0.3 is 0 Å². The molecule has 0 saturated heterocycles. The number of nitrogens with two attached hydrogens (primary N) is 1. The van der Waals surface area contributed by atoms with Crippen LogP contribution in [0.15, 0.2) is 40.5 Å². The van der Waals surface area contributed by atoms with Crippen LogP contribution in [-0.2, 0) is 19.4 Å². The van der Waals surface area contributed by atoms with Crippen molar-refractivity contribution in [1.29, 1.82) is 0 Å². The van der Waals surface area contributed by atoms with E-state index < -0.39 is 0 Å². The normalized spacial score (nSPS) is 14.2. The molecule has 0 bridgehead atoms. The second-order valence-electron chi connectivity index (χ2n) is 4.74. The van der Waals surface area contributed by atoms with Crippen LogP contribution in [0.25, 0.3) is 0 Å². The summed E-state index contributed by atoms with van der Waals surface area (Å²) < 4.78 is 0. The Labute approximate surface area is 117 Å². The molecule has 0 aliphatic heterocycles. The van der Waals surface area contributed by atoms with Crippen molar-refractivity contribution in [3.05, 3.63) is 47.3 Å². The van der Waals surface area contributed by atoms with Gasteiger partial charge in [-0.3, -0.25) is 0 Å². The van der Waals surface area contributed by atoms with Crippen molar-refractivity contribution in [3.8, 4) is 0 Å². The summed E-state index contributed by atoms with van der Waals surface area (Å²) >= 11 is 1.61. The number of hydrogen-bond acceptors (Lipinski definition) is 4. The molecule has 4 heteroatoms. The van der Waals surface area contributed by atoms with Gasteiger partial charge in [-0.25, -0.2) is 9.97 Å². The standard InChI is InChI=1S/C15H17N3S/c16-10-12-9-11-5-1-2-6-13(11)18-15(12)19-14-7-3-4-8-17-14/h3-4,7-9H,1-2,5-6,10,16H2. The van der Waals surface area contributed by atoms with Crippen molar-refractivity contribution in [2.45, 2.75) is 42.3 Å². The summed E-state index contributed by atoms with van der Waals surface area (Å²) in [7, 11) is 0. The predicted molar refractivity (Wildman–Crippen MR) is 77.1 cm³/mol. The van der Waals surface area contributed by atoms with Crippen LogP contribution < -0.4 is 5.73 Å². The van der Waals surface area contributed by atoms with E-state index in [1.54, 1.807) is 11.8 Å². The summed E-state index contributed by atoms with van der Waals surface area (Å²) in [6.45, 7) is 0.537. The van der Waals surface area contributed by atoms with Crippen molar-refractivity contribution in [2.24, 2.45) is 5.73 Å². The molecule has 0 spiro atoms. The largest absolute Gasteiger partial charge is 0.326 e. The van der Waals surface area contributed by atoms with E-state index in [9.17, 15) is 0 Å². The maximum Gasteiger partial charge on any atom is 0.107 e. The first kappa shape index (κ1) is 12.6. The third kappa shape index (κ3) is 2.80. The monoisotopic (exact) mass is 271 g/mol. The molecule has 2 aromatic heterocycles. The number of aryl methyl sites for hydroxylation is 2. The molecule has 0 amide bonds. The molecule has 1 aliphatic carbocycles. The summed E-state index contributed by atoms with van der Waals surface area (Å²) in [5.74, 6) is 0. The zero-order chi connectivity index (χ0) is 13.1. The number of hydrogen-bond donors (Lipinski definition) is 1. The fourth-order valence-electron chi connectivity index (χ4n) is 2.40. The lowest BCUT2D eigenvalue weighted by molar-refractivity contribution is 0.656. The first-order valence-corrected chi connectivity index (χ1v) is 7.49. The number of nitrogens with zero attached hydrogens (tertiary/aromatic N) is 2. The van der Waals surface area contributed by atoms with Crippen LogP contribution in [0.4, 0.5) is 0 Å². The zero-order valence-electron chi connectivity index (χ0n) is 10.8. The van der Waals surface area contributed by atoms with Crippen LogP contribution in [0.3, 0.4) is 0 Å². The van der Waals surface area contributed by atoms with Gasteiger partial charge in [-0.1, -0.05) is 12.1 Å². The SMILES string of the molecule is NCc1cc2c(nc1Sc1ccccn1)CCCC2. The van der Waals surface area contributed by atoms with E-state index >= 15 is 0 Å². The molecule has 98 valence electrons. The van der Waals surface area contributed by atoms with Crippen LogP contribution in [-0.4, -0.2) is 9.97 Å². The molecule has 19 heavy (non-hydrogen) atoms. The molecule has 1 aliphatic rings. The highest BCUT2D eigenvalue weighted by Gasteiger charge is 2.15. The first-order chi connectivity index (χ1) is 9.36. The average Bonchev–Trinajstić information content (AvgIpc) is 2.47. The highest BCUT2D eigenvalue weighted by atomic mass is 32.2. The van der Waals surface area contributed by atoms with Gasteiger partial charge in [-0.2, -0.15) is 0 Å². The van der Waals surface area contributed by atoms with Crippen molar-refractivity contribution in [1.82, 2.24) is 9.97 Å². The smallest absolute Gasteiger partial charge is 0.107 e. The average molecular weight is 271 g/mol. The maximum absolute atomic E-state index is 5.86. The van der Waals surface area contributed by atoms with Crippen LogP contribution >= 0.6 is 11.8 Å². The van der Waals surface area contributed by atoms with E-state index in [0.717, 1.165) is 28.5 Å². The van der Waals surface area contributed by atoms with Crippen LogP contribution in [0.5, 0.6) is 0 Å². The molecule has 2 heterocycles. The molecule has 2 aromatic rings. The number of rotatable bonds is 3. The van der Waals surface area contributed by atoms with Gasteiger partial charge in [0.25, 0.3) is 0 Å². The summed E-state index contributed by atoms with van der Waals surface area (Å²) in [6, 6.07) is 8.17. The molecule has 0 unspecified atom stereocenters. The molecule has 0 radical (unpaired) electrons. The Morgan fingerprint density at radius 1 is 1.21 bits per heavy atom. The molecule has 3 rings (SSSR count). The molecule has 2 N–H and O–H groups in total. The van der Waals surface area contributed by atoms with Gasteiger partial charge in [0.2, 0.25) is 0 Å². The first-order valence-electron chi connectivity index (χ1n) is 6.67. The Morgan fingerprint density at radius 3 is 2.89 bits per heavy atom. The predicted octanol–water partition coefficient (Wildman–Crippen LogP) is 2.97. The molecule has 0 aromatic carbocycles. The Bertz CT molecular complexity index is 569. The quantitative estimate of drug-likeness (QED) is 0.932. The number of aromatic nitrogens is 2. The van der Waals surface area contributed by atoms with Gasteiger partial charge in [0, 0.05) is 18.4 Å². The summed E-state index contributed by atoms with van der Waals surface area (Å²) in [4.78, 5) is 9.17. The van der Waals surface area contributed by atoms with E-state index in [1.165, 1.54) is 24.1 Å². The van der Waals surface area contributed by atoms with E-state index in [4.69, 9.17) is 10.7 Å². The summed E-state index contributed by atoms with van der Waals surface area (Å²) in [5.41, 5.74) is 9.64. The third-order valence-corrected chi connectivity index (χ3v) is 4.40. The maximum atomic E-state index is 5.86. The highest BCUT2D eigenvalue weighted by molar-refractivity contribution is 7.99. The van der Waals surface area contributed by atoms with Gasteiger partial charge in [0.1, 0.15) is 10.1 Å². The van der Waals surface area contributed by atoms with Gasteiger partial charge < -0.3 is 5.73 Å². The lowest BCUT2D eigenvalue weighted by atomic mass is 9.95. The van der Waals surface area contributed by atoms with Crippen molar-refractivity contribution >= 4 is 11.8 Å². The Morgan fingerprint density at radius 2 is 2.11 bits per heavy atom. The Balaban J connectivity index is 1.95. The summed E-state index contributed by atoms with van der Waals surface area (Å²) in [6.07, 6.45) is 6.56. The minimum absolute atomic E-state index is 0.537. The molecule has 0 fully saturated rings. The summed E-state index contributed by atoms with van der Waals surface area (Å²) in [5, 5.41) is 1.99. The minimum Gasteiger partial charge on any atom is -0.326 e. The van der Waals surface area contributed by atoms with E-state index in [2.05, 4.69) is 11.1 Å². The molecule has 0 atom stereocenters. The number of pyridine rings is 2. The van der Waals surface area contributed by atoms with Gasteiger partial charge in [-0.15, -0.1) is 0 Å². The van der Waals surface area contributed by atoms with Crippen molar-refractivity contribution < 1.29 is 0 Å². The lowest BCUT2D eigenvalue weighted by Gasteiger charge is -2.17. The fraction of sp³-hybridized carbons (Fsp3) is 0.333. The van der Waals surface area contributed by atoms with Gasteiger partial charge in [-0.05, 0) is 60.7 Å². The van der Waals surface area contributed by atoms with Gasteiger partial charge in [0.05, 0.1) is 0 Å². The Kier molecular flexibility index (Phi) is 3.80. The molecular weight excluding hydrogens is 254 g/mol.